The van der Waals surface area contributed by atoms with Crippen LogP contribution in [-0.4, -0.2) is 19.3 Å². The van der Waals surface area contributed by atoms with Crippen molar-refractivity contribution in [1.29, 1.82) is 0 Å². The summed E-state index contributed by atoms with van der Waals surface area (Å²) in [6, 6.07) is 0.379. The molecule has 0 spiro atoms. The Labute approximate surface area is 87.7 Å². The summed E-state index contributed by atoms with van der Waals surface area (Å²) in [5, 5.41) is 0. The maximum Gasteiger partial charge on any atom is 0.0543 e. The zero-order valence-electron chi connectivity index (χ0n) is 9.68. The van der Waals surface area contributed by atoms with Crippen molar-refractivity contribution in [3.63, 3.8) is 0 Å². The third-order valence-corrected chi connectivity index (χ3v) is 2.48. The molecule has 0 aliphatic heterocycles. The minimum absolute atomic E-state index is 0.315. The fourth-order valence-corrected chi connectivity index (χ4v) is 1.29. The van der Waals surface area contributed by atoms with E-state index < -0.39 is 0 Å². The lowest BCUT2D eigenvalue weighted by Crippen LogP contribution is -2.35. The van der Waals surface area contributed by atoms with Crippen molar-refractivity contribution in [2.75, 3.05) is 7.11 Å². The van der Waals surface area contributed by atoms with Gasteiger partial charge in [-0.25, -0.2) is 0 Å². The second-order valence-electron chi connectivity index (χ2n) is 3.98. The molecule has 0 rings (SSSR count). The molecule has 2 unspecified atom stereocenters. The molecule has 3 nitrogen and oxygen atoms in total. The van der Waals surface area contributed by atoms with Crippen LogP contribution in [0.4, 0.5) is 0 Å². The summed E-state index contributed by atoms with van der Waals surface area (Å²) in [5.41, 5.74) is 4.05. The van der Waals surface area contributed by atoms with E-state index >= 15 is 0 Å². The fourth-order valence-electron chi connectivity index (χ4n) is 1.29. The third-order valence-electron chi connectivity index (χ3n) is 2.48. The molecule has 84 valence electrons. The number of nitrogens with one attached hydrogen (secondary N) is 1. The van der Waals surface area contributed by atoms with Gasteiger partial charge in [-0.15, -0.1) is 6.58 Å². The molecular formula is C11H24N2O. The van der Waals surface area contributed by atoms with Gasteiger partial charge in [0.15, 0.2) is 0 Å². The first-order chi connectivity index (χ1) is 6.60. The second-order valence-corrected chi connectivity index (χ2v) is 3.98. The number of ether oxygens (including phenoxy) is 1. The quantitative estimate of drug-likeness (QED) is 0.358. The van der Waals surface area contributed by atoms with E-state index in [0.29, 0.717) is 12.1 Å². The van der Waals surface area contributed by atoms with Crippen LogP contribution in [0.5, 0.6) is 0 Å². The van der Waals surface area contributed by atoms with Gasteiger partial charge < -0.3 is 4.74 Å². The van der Waals surface area contributed by atoms with E-state index in [1.165, 1.54) is 5.57 Å². The molecule has 0 amide bonds. The Kier molecular flexibility index (Phi) is 7.76. The Bertz CT molecular complexity index is 159. The summed E-state index contributed by atoms with van der Waals surface area (Å²) >= 11 is 0. The number of methoxy groups -OCH3 is 1. The predicted octanol–water partition coefficient (Wildman–Crippen LogP) is 1.99. The van der Waals surface area contributed by atoms with Crippen molar-refractivity contribution in [1.82, 2.24) is 5.43 Å². The molecule has 3 heteroatoms. The molecule has 14 heavy (non-hydrogen) atoms. The van der Waals surface area contributed by atoms with Crippen LogP contribution in [0.1, 0.15) is 39.5 Å². The second kappa shape index (κ2) is 7.97. The summed E-state index contributed by atoms with van der Waals surface area (Å²) in [5.74, 6) is 5.47. The van der Waals surface area contributed by atoms with E-state index in [0.717, 1.165) is 25.7 Å². The Morgan fingerprint density at radius 1 is 1.43 bits per heavy atom. The number of nitrogens with two attached hydrogens (primary N) is 1. The van der Waals surface area contributed by atoms with Crippen LogP contribution in [0.3, 0.4) is 0 Å². The smallest absolute Gasteiger partial charge is 0.0543 e. The van der Waals surface area contributed by atoms with Gasteiger partial charge in [0.05, 0.1) is 6.10 Å². The van der Waals surface area contributed by atoms with E-state index in [-0.39, 0.29) is 0 Å². The summed E-state index contributed by atoms with van der Waals surface area (Å²) in [6.45, 7) is 8.00. The molecule has 0 aromatic carbocycles. The molecule has 0 aliphatic rings. The van der Waals surface area contributed by atoms with Crippen molar-refractivity contribution in [2.24, 2.45) is 5.84 Å². The maximum absolute atomic E-state index is 5.47. The zero-order valence-corrected chi connectivity index (χ0v) is 9.68. The normalized spacial score (nSPS) is 15.1. The molecule has 0 saturated carbocycles. The van der Waals surface area contributed by atoms with Crippen LogP contribution in [0.25, 0.3) is 0 Å². The highest BCUT2D eigenvalue weighted by Gasteiger charge is 2.08. The van der Waals surface area contributed by atoms with Crippen molar-refractivity contribution in [3.05, 3.63) is 12.2 Å². The van der Waals surface area contributed by atoms with E-state index in [9.17, 15) is 0 Å². The average Bonchev–Trinajstić information content (AvgIpc) is 2.17. The van der Waals surface area contributed by atoms with Gasteiger partial charge >= 0.3 is 0 Å². The fraction of sp³-hybridized carbons (Fsp3) is 0.818. The molecular weight excluding hydrogens is 176 g/mol. The van der Waals surface area contributed by atoms with Gasteiger partial charge in [0.1, 0.15) is 0 Å². The number of rotatable bonds is 8. The number of allylic oxidation sites excluding steroid dienone is 1. The summed E-state index contributed by atoms with van der Waals surface area (Å²) in [6.07, 6.45) is 4.51. The van der Waals surface area contributed by atoms with Crippen LogP contribution in [0.2, 0.25) is 0 Å². The predicted molar refractivity (Wildman–Crippen MR) is 60.9 cm³/mol. The summed E-state index contributed by atoms with van der Waals surface area (Å²) in [4.78, 5) is 0. The van der Waals surface area contributed by atoms with E-state index in [4.69, 9.17) is 10.6 Å². The highest BCUT2D eigenvalue weighted by atomic mass is 16.5. The highest BCUT2D eigenvalue weighted by molar-refractivity contribution is 4.89. The van der Waals surface area contributed by atoms with Gasteiger partial charge in [0, 0.05) is 13.2 Å². The zero-order chi connectivity index (χ0) is 11.0. The minimum Gasteiger partial charge on any atom is -0.382 e. The first kappa shape index (κ1) is 13.6. The topological polar surface area (TPSA) is 47.3 Å². The molecule has 0 aliphatic carbocycles. The lowest BCUT2D eigenvalue weighted by molar-refractivity contribution is 0.105. The highest BCUT2D eigenvalue weighted by Crippen LogP contribution is 2.10. The molecule has 0 aromatic heterocycles. The lowest BCUT2D eigenvalue weighted by atomic mass is 10.0. The number of hydrazine groups is 1. The van der Waals surface area contributed by atoms with Gasteiger partial charge in [-0.05, 0) is 39.5 Å². The number of hydrogen-bond donors (Lipinski definition) is 2. The Balaban J connectivity index is 3.62. The molecule has 0 fully saturated rings. The number of hydrogen-bond acceptors (Lipinski definition) is 3. The largest absolute Gasteiger partial charge is 0.382 e. The minimum atomic E-state index is 0.315. The molecule has 0 aromatic rings. The van der Waals surface area contributed by atoms with Crippen molar-refractivity contribution >= 4 is 0 Å². The van der Waals surface area contributed by atoms with Crippen LogP contribution in [0, 0.1) is 0 Å². The molecule has 2 atom stereocenters. The van der Waals surface area contributed by atoms with Crippen LogP contribution >= 0.6 is 0 Å². The molecule has 0 bridgehead atoms. The van der Waals surface area contributed by atoms with Gasteiger partial charge in [-0.1, -0.05) is 5.57 Å². The van der Waals surface area contributed by atoms with Crippen molar-refractivity contribution in [3.8, 4) is 0 Å². The Morgan fingerprint density at radius 2 is 2.07 bits per heavy atom. The van der Waals surface area contributed by atoms with Gasteiger partial charge in [-0.3, -0.25) is 11.3 Å². The molecule has 0 radical (unpaired) electrons. The van der Waals surface area contributed by atoms with E-state index in [2.05, 4.69) is 18.9 Å². The Hall–Kier alpha value is -0.380. The first-order valence-corrected chi connectivity index (χ1v) is 5.23. The van der Waals surface area contributed by atoms with E-state index in [1.807, 2.05) is 6.92 Å². The summed E-state index contributed by atoms with van der Waals surface area (Å²) in [7, 11) is 1.74. The SMILES string of the molecule is C=C(C)CCC(CCC(C)OC)NN. The van der Waals surface area contributed by atoms with Crippen LogP contribution in [0.15, 0.2) is 12.2 Å². The monoisotopic (exact) mass is 200 g/mol. The van der Waals surface area contributed by atoms with Crippen LogP contribution in [-0.2, 0) is 4.74 Å². The Morgan fingerprint density at radius 3 is 2.50 bits per heavy atom. The average molecular weight is 200 g/mol. The van der Waals surface area contributed by atoms with Gasteiger partial charge in [0.2, 0.25) is 0 Å². The molecule has 0 heterocycles. The molecule has 3 N–H and O–H groups in total. The third kappa shape index (κ3) is 7.06. The lowest BCUT2D eigenvalue weighted by Gasteiger charge is -2.17. The first-order valence-electron chi connectivity index (χ1n) is 5.23. The summed E-state index contributed by atoms with van der Waals surface area (Å²) < 4.78 is 5.18. The van der Waals surface area contributed by atoms with Crippen molar-refractivity contribution in [2.45, 2.75) is 51.7 Å². The van der Waals surface area contributed by atoms with Gasteiger partial charge in [0.25, 0.3) is 0 Å². The molecule has 0 saturated heterocycles. The van der Waals surface area contributed by atoms with E-state index in [1.54, 1.807) is 7.11 Å². The van der Waals surface area contributed by atoms with Crippen molar-refractivity contribution < 1.29 is 4.74 Å². The van der Waals surface area contributed by atoms with Gasteiger partial charge in [-0.2, -0.15) is 0 Å². The van der Waals surface area contributed by atoms with Crippen LogP contribution < -0.4 is 11.3 Å². The maximum atomic E-state index is 5.47. The standard InChI is InChI=1S/C11H24N2O/c1-9(2)5-7-11(13-12)8-6-10(3)14-4/h10-11,13H,1,5-8,12H2,2-4H3.